The first-order chi connectivity index (χ1) is 11.6. The van der Waals surface area contributed by atoms with E-state index in [-0.39, 0.29) is 17.7 Å². The fourth-order valence-corrected chi connectivity index (χ4v) is 11.1. The van der Waals surface area contributed by atoms with Crippen LogP contribution < -0.4 is 12.5 Å². The molecule has 141 valence electrons. The second-order valence-corrected chi connectivity index (χ2v) is 16.1. The van der Waals surface area contributed by atoms with Gasteiger partial charge in [-0.3, -0.25) is 0 Å². The van der Waals surface area contributed by atoms with E-state index in [2.05, 4.69) is 44.3 Å². The fraction of sp³-hybridized carbons (Fsp3) is 0.588. The van der Waals surface area contributed by atoms with Crippen molar-refractivity contribution in [2.45, 2.75) is 66.1 Å². The molecule has 0 aliphatic heterocycles. The minimum atomic E-state index is -3.68. The molecule has 1 rings (SSSR count). The van der Waals surface area contributed by atoms with Crippen LogP contribution in [0.5, 0.6) is 0 Å². The van der Waals surface area contributed by atoms with Gasteiger partial charge in [-0.25, -0.2) is 0 Å². The molecule has 6 nitrogen and oxygen atoms in total. The Hall–Kier alpha value is -1.31. The average Bonchev–Trinajstić information content (AvgIpc) is 3.04. The molecule has 3 N–H and O–H groups in total. The van der Waals surface area contributed by atoms with Crippen LogP contribution in [0.3, 0.4) is 0 Å². The normalized spacial score (nSPS) is 14.5. The summed E-state index contributed by atoms with van der Waals surface area (Å²) in [6.07, 6.45) is 5.73. The molecule has 0 saturated carbocycles. The predicted octanol–water partition coefficient (Wildman–Crippen LogP) is 2.56. The van der Waals surface area contributed by atoms with Crippen LogP contribution in [-0.4, -0.2) is 25.8 Å². The van der Waals surface area contributed by atoms with E-state index in [1.165, 1.54) is 5.20 Å². The molecule has 0 fully saturated rings. The third kappa shape index (κ3) is 5.59. The van der Waals surface area contributed by atoms with Crippen LogP contribution in [0.25, 0.3) is 0 Å². The third-order valence-electron chi connectivity index (χ3n) is 3.96. The molecule has 3 amide bonds. The Morgan fingerprint density at radius 1 is 0.920 bits per heavy atom. The fourth-order valence-electron chi connectivity index (χ4n) is 2.58. The molecular formula is C17H31N3O3SiV. The van der Waals surface area contributed by atoms with Crippen LogP contribution in [0, 0.1) is 0 Å². The Morgan fingerprint density at radius 3 is 1.64 bits per heavy atom. The second kappa shape index (κ2) is 8.87. The van der Waals surface area contributed by atoms with Crippen molar-refractivity contribution in [3.05, 3.63) is 21.6 Å². The van der Waals surface area contributed by atoms with E-state index in [9.17, 15) is 14.4 Å². The molecular weight excluding hydrogens is 373 g/mol. The Morgan fingerprint density at radius 2 is 1.32 bits per heavy atom. The molecule has 25 heavy (non-hydrogen) atoms. The summed E-state index contributed by atoms with van der Waals surface area (Å²) in [6, 6.07) is 0. The van der Waals surface area contributed by atoms with Gasteiger partial charge in [-0.1, -0.05) is 0 Å². The van der Waals surface area contributed by atoms with Gasteiger partial charge in [0.1, 0.15) is 0 Å². The summed E-state index contributed by atoms with van der Waals surface area (Å²) >= 11 is -3.68. The molecule has 0 unspecified atom stereocenters. The molecule has 0 atom stereocenters. The van der Waals surface area contributed by atoms with Crippen molar-refractivity contribution >= 4 is 25.8 Å². The van der Waals surface area contributed by atoms with Crippen LogP contribution in [0.2, 0.25) is 19.6 Å². The van der Waals surface area contributed by atoms with Gasteiger partial charge >= 0.3 is 155 Å². The number of nitrogens with one attached hydrogen (secondary N) is 3. The first-order valence-electron chi connectivity index (χ1n) is 8.82. The Labute approximate surface area is 155 Å². The van der Waals surface area contributed by atoms with Crippen molar-refractivity contribution in [1.82, 2.24) is 12.5 Å². The first-order valence-corrected chi connectivity index (χ1v) is 15.1. The summed E-state index contributed by atoms with van der Waals surface area (Å²) in [5.41, 5.74) is 0. The molecule has 0 aromatic carbocycles. The summed E-state index contributed by atoms with van der Waals surface area (Å²) < 4.78 is 10.2. The summed E-state index contributed by atoms with van der Waals surface area (Å²) in [4.78, 5) is 36.8. The number of carbonyl (C=O) groups is 3. The Balaban J connectivity index is 3.53. The van der Waals surface area contributed by atoms with E-state index in [4.69, 9.17) is 0 Å². The summed E-state index contributed by atoms with van der Waals surface area (Å²) in [5.74, 6) is -0.473. The summed E-state index contributed by atoms with van der Waals surface area (Å²) in [6.45, 7) is 12.0. The first kappa shape index (κ1) is 21.7. The van der Waals surface area contributed by atoms with Crippen molar-refractivity contribution in [2.24, 2.45) is 0 Å². The third-order valence-corrected chi connectivity index (χ3v) is 11.0. The van der Waals surface area contributed by atoms with Gasteiger partial charge < -0.3 is 0 Å². The molecule has 0 saturated heterocycles. The zero-order valence-corrected chi connectivity index (χ0v) is 18.6. The Bertz CT molecular complexity index is 563. The molecule has 0 aromatic heterocycles. The van der Waals surface area contributed by atoms with Crippen LogP contribution in [0.1, 0.15) is 46.5 Å². The molecule has 1 aliphatic carbocycles. The molecule has 0 aromatic rings. The standard InChI is InChI=1S/C8H13Si.3C3H7NO.V/c1-9(2,3)8-6-4-5-7-8;3*1-2-3(4)5;/h4,6H,5H2,1-3H3;3*2H2,1H3,(H2,4,5);/q;;;;+3/p-3. The van der Waals surface area contributed by atoms with Gasteiger partial charge in [0.2, 0.25) is 0 Å². The number of hydrogen-bond donors (Lipinski definition) is 3. The van der Waals surface area contributed by atoms with E-state index in [1.807, 2.05) is 0 Å². The molecule has 0 heterocycles. The van der Waals surface area contributed by atoms with Gasteiger partial charge in [0, 0.05) is 0 Å². The van der Waals surface area contributed by atoms with Gasteiger partial charge in [-0.15, -0.1) is 0 Å². The number of rotatable bonds is 8. The van der Waals surface area contributed by atoms with Gasteiger partial charge in [-0.05, 0) is 0 Å². The zero-order valence-electron chi connectivity index (χ0n) is 16.2. The molecule has 0 bridgehead atoms. The molecule has 0 spiro atoms. The summed E-state index contributed by atoms with van der Waals surface area (Å²) in [7, 11) is -1.70. The van der Waals surface area contributed by atoms with Crippen LogP contribution in [0.4, 0.5) is 0 Å². The second-order valence-electron chi connectivity index (χ2n) is 7.05. The number of carbonyl (C=O) groups excluding carboxylic acids is 3. The van der Waals surface area contributed by atoms with Crippen molar-refractivity contribution in [2.75, 3.05) is 0 Å². The average molecular weight is 404 g/mol. The monoisotopic (exact) mass is 404 g/mol. The van der Waals surface area contributed by atoms with E-state index in [0.29, 0.717) is 25.7 Å². The zero-order chi connectivity index (χ0) is 19.3. The van der Waals surface area contributed by atoms with Gasteiger partial charge in [0.05, 0.1) is 0 Å². The quantitative estimate of drug-likeness (QED) is 0.544. The van der Waals surface area contributed by atoms with Crippen LogP contribution in [0.15, 0.2) is 21.6 Å². The number of amides is 3. The van der Waals surface area contributed by atoms with Gasteiger partial charge in [0.15, 0.2) is 0 Å². The SMILES string of the molecule is CCC(=O)[NH][V]([NH]C(=O)CC)([NH]C(=O)CC)[C]1=C([Si](C)(C)C)C=CC1. The minimum absolute atomic E-state index is 0.158. The van der Waals surface area contributed by atoms with Gasteiger partial charge in [-0.2, -0.15) is 0 Å². The van der Waals surface area contributed by atoms with Crippen molar-refractivity contribution in [3.63, 3.8) is 0 Å². The molecule has 8 heteroatoms. The summed E-state index contributed by atoms with van der Waals surface area (Å²) in [5, 5.41) is 1.21. The van der Waals surface area contributed by atoms with E-state index in [0.717, 1.165) is 4.28 Å². The molecule has 1 aliphatic rings. The molecule has 0 radical (unpaired) electrons. The maximum atomic E-state index is 12.3. The van der Waals surface area contributed by atoms with Crippen molar-refractivity contribution in [1.29, 1.82) is 0 Å². The van der Waals surface area contributed by atoms with Crippen LogP contribution >= 0.6 is 0 Å². The van der Waals surface area contributed by atoms with E-state index >= 15 is 0 Å². The van der Waals surface area contributed by atoms with E-state index in [1.54, 1.807) is 20.8 Å². The van der Waals surface area contributed by atoms with Gasteiger partial charge in [0.25, 0.3) is 0 Å². The number of allylic oxidation sites excluding steroid dienone is 4. The predicted molar refractivity (Wildman–Crippen MR) is 99.4 cm³/mol. The Kier molecular flexibility index (Phi) is 7.71. The van der Waals surface area contributed by atoms with Crippen molar-refractivity contribution in [3.8, 4) is 0 Å². The van der Waals surface area contributed by atoms with Crippen LogP contribution in [-0.2, 0) is 29.1 Å². The number of hydrogen-bond acceptors (Lipinski definition) is 3. The topological polar surface area (TPSA) is 87.3 Å². The maximum absolute atomic E-state index is 12.3. The van der Waals surface area contributed by atoms with Crippen molar-refractivity contribution < 1.29 is 29.1 Å². The van der Waals surface area contributed by atoms with E-state index < -0.39 is 22.8 Å².